The number of carbonyl (C=O) groups is 1. The fourth-order valence-electron chi connectivity index (χ4n) is 3.56. The molecule has 0 saturated heterocycles. The van der Waals surface area contributed by atoms with Crippen LogP contribution in [0, 0.1) is 6.92 Å². The van der Waals surface area contributed by atoms with E-state index in [9.17, 15) is 14.4 Å². The van der Waals surface area contributed by atoms with Crippen LogP contribution in [0.15, 0.2) is 80.8 Å². The summed E-state index contributed by atoms with van der Waals surface area (Å²) in [7, 11) is 3.39. The second kappa shape index (κ2) is 13.1. The number of amides is 1. The van der Waals surface area contributed by atoms with Gasteiger partial charge < -0.3 is 23.9 Å². The summed E-state index contributed by atoms with van der Waals surface area (Å²) in [5.74, 6) is 0.319. The smallest absolute Gasteiger partial charge is 0.489 e. The third-order valence-corrected chi connectivity index (χ3v) is 5.54. The van der Waals surface area contributed by atoms with Gasteiger partial charge in [0.25, 0.3) is 5.91 Å². The molecule has 0 fully saturated rings. The van der Waals surface area contributed by atoms with E-state index in [2.05, 4.69) is 11.1 Å². The van der Waals surface area contributed by atoms with Gasteiger partial charge in [-0.1, -0.05) is 36.4 Å². The number of benzene rings is 3. The van der Waals surface area contributed by atoms with Crippen LogP contribution in [-0.4, -0.2) is 36.2 Å². The Kier molecular flexibility index (Phi) is 10.1. The van der Waals surface area contributed by atoms with Crippen molar-refractivity contribution in [2.24, 2.45) is 0 Å². The van der Waals surface area contributed by atoms with Gasteiger partial charge in [0.15, 0.2) is 12.3 Å². The fraction of sp³-hybridized carbons (Fsp3) is 0.222. The molecule has 10 heteroatoms. The van der Waals surface area contributed by atoms with Crippen molar-refractivity contribution < 1.29 is 70.2 Å². The Morgan fingerprint density at radius 1 is 0.946 bits per heavy atom. The Labute approximate surface area is 256 Å². The summed E-state index contributed by atoms with van der Waals surface area (Å²) in [6.07, 6.45) is 0. The maximum atomic E-state index is 11.8. The van der Waals surface area contributed by atoms with Crippen molar-refractivity contribution in [2.45, 2.75) is 20.1 Å². The first-order valence-corrected chi connectivity index (χ1v) is 11.3. The first-order valence-electron chi connectivity index (χ1n) is 11.3. The van der Waals surface area contributed by atoms with Crippen molar-refractivity contribution in [2.75, 3.05) is 20.7 Å². The predicted octanol–water partition coefficient (Wildman–Crippen LogP) is -0.168. The number of ether oxygens (including phenoxy) is 2. The molecule has 3 aromatic carbocycles. The van der Waals surface area contributed by atoms with Gasteiger partial charge in [-0.3, -0.25) is 14.3 Å². The molecule has 0 aliphatic heterocycles. The van der Waals surface area contributed by atoms with E-state index in [0.717, 1.165) is 32.6 Å². The van der Waals surface area contributed by atoms with Crippen LogP contribution in [-0.2, 0) is 17.9 Å². The van der Waals surface area contributed by atoms with Crippen molar-refractivity contribution in [1.82, 2.24) is 14.6 Å². The van der Waals surface area contributed by atoms with Crippen LogP contribution in [0.2, 0.25) is 0 Å². The van der Waals surface area contributed by atoms with Gasteiger partial charge in [-0.05, 0) is 65.1 Å². The van der Waals surface area contributed by atoms with Crippen LogP contribution in [0.1, 0.15) is 16.7 Å². The van der Waals surface area contributed by atoms with Gasteiger partial charge in [0.05, 0.1) is 0 Å². The third kappa shape index (κ3) is 7.79. The Balaban J connectivity index is 0.00000380. The molecule has 4 aromatic rings. The molecule has 0 saturated carbocycles. The molecular weight excluding hydrogens is 501 g/mol. The number of aromatic nitrogens is 2. The van der Waals surface area contributed by atoms with E-state index >= 15 is 0 Å². The summed E-state index contributed by atoms with van der Waals surface area (Å²) >= 11 is 0. The Morgan fingerprint density at radius 2 is 1.68 bits per heavy atom. The molecule has 1 heterocycles. The van der Waals surface area contributed by atoms with E-state index < -0.39 is 11.4 Å². The quantitative estimate of drug-likeness (QED) is 0.279. The van der Waals surface area contributed by atoms with Gasteiger partial charge >= 0.3 is 57.1 Å². The summed E-state index contributed by atoms with van der Waals surface area (Å²) in [6, 6.07) is 21.0. The molecule has 0 radical (unpaired) electrons. The van der Waals surface area contributed by atoms with Crippen LogP contribution in [0.3, 0.4) is 0 Å². The molecule has 1 aromatic heterocycles. The molecule has 186 valence electrons. The largest absolute Gasteiger partial charge is 1.00 e. The minimum absolute atomic E-state index is 0. The minimum Gasteiger partial charge on any atom is -0.489 e. The Hall–Kier alpha value is -2.89. The number of likely N-dealkylation sites (N-methyl/N-ethyl adjacent to an activating group) is 1. The van der Waals surface area contributed by atoms with Crippen molar-refractivity contribution >= 4 is 5.91 Å². The van der Waals surface area contributed by atoms with E-state index in [1.807, 2.05) is 43.3 Å². The molecule has 0 bridgehead atoms. The van der Waals surface area contributed by atoms with E-state index in [1.54, 1.807) is 38.4 Å². The minimum atomic E-state index is -0.904. The van der Waals surface area contributed by atoms with Crippen LogP contribution >= 0.6 is 0 Å². The van der Waals surface area contributed by atoms with Gasteiger partial charge in [0.1, 0.15) is 18.1 Å². The number of carbonyl (C=O) groups excluding carboxylic acids is 1. The SMILES string of the molecule is Cc1cc(OCC(=O)N(C)C)ccc1-c1cccc(COc2ccc(Cn3oc(=O)[n-]c3=O)cc2)c1.[K+]. The number of nitrogens with zero attached hydrogens (tertiary/aromatic N) is 3. The third-order valence-electron chi connectivity index (χ3n) is 5.54. The topological polar surface area (TPSA) is 105 Å². The zero-order chi connectivity index (χ0) is 25.7. The van der Waals surface area contributed by atoms with Crippen LogP contribution in [0.25, 0.3) is 11.1 Å². The average molecular weight is 528 g/mol. The molecular formula is C27H26KN3O6. The first kappa shape index (κ1) is 28.7. The summed E-state index contributed by atoms with van der Waals surface area (Å²) in [6.45, 7) is 2.50. The summed E-state index contributed by atoms with van der Waals surface area (Å²) < 4.78 is 17.2. The summed E-state index contributed by atoms with van der Waals surface area (Å²) in [5, 5.41) is 0. The molecule has 0 atom stereocenters. The second-order valence-corrected chi connectivity index (χ2v) is 8.47. The molecule has 4 rings (SSSR count). The van der Waals surface area contributed by atoms with Crippen molar-refractivity contribution in [1.29, 1.82) is 0 Å². The van der Waals surface area contributed by atoms with E-state index in [0.29, 0.717) is 18.1 Å². The van der Waals surface area contributed by atoms with Crippen LogP contribution < -0.4 is 77.3 Å². The summed E-state index contributed by atoms with van der Waals surface area (Å²) in [5.41, 5.74) is 4.22. The van der Waals surface area contributed by atoms with Gasteiger partial charge in [-0.2, -0.15) is 0 Å². The molecule has 0 unspecified atom stereocenters. The van der Waals surface area contributed by atoms with Crippen LogP contribution in [0.5, 0.6) is 11.5 Å². The second-order valence-electron chi connectivity index (χ2n) is 8.47. The number of aryl methyl sites for hydroxylation is 1. The maximum absolute atomic E-state index is 11.8. The fourth-order valence-corrected chi connectivity index (χ4v) is 3.56. The normalized spacial score (nSPS) is 10.5. The van der Waals surface area contributed by atoms with Crippen molar-refractivity contribution in [3.63, 3.8) is 0 Å². The van der Waals surface area contributed by atoms with Crippen LogP contribution in [0.4, 0.5) is 0 Å². The van der Waals surface area contributed by atoms with Gasteiger partial charge in [-0.25, -0.2) is 4.79 Å². The molecule has 1 amide bonds. The first-order chi connectivity index (χ1) is 17.3. The molecule has 0 aliphatic rings. The van der Waals surface area contributed by atoms with Gasteiger partial charge in [0.2, 0.25) is 0 Å². The molecule has 9 nitrogen and oxygen atoms in total. The van der Waals surface area contributed by atoms with Crippen molar-refractivity contribution in [3.05, 3.63) is 104 Å². The Bertz CT molecular complexity index is 1470. The monoisotopic (exact) mass is 527 g/mol. The van der Waals surface area contributed by atoms with E-state index in [4.69, 9.17) is 14.0 Å². The Morgan fingerprint density at radius 3 is 2.32 bits per heavy atom. The summed E-state index contributed by atoms with van der Waals surface area (Å²) in [4.78, 5) is 39.0. The van der Waals surface area contributed by atoms with Crippen molar-refractivity contribution in [3.8, 4) is 22.6 Å². The predicted molar refractivity (Wildman–Crippen MR) is 133 cm³/mol. The molecule has 0 spiro atoms. The number of hydrogen-bond acceptors (Lipinski definition) is 6. The number of rotatable bonds is 9. The molecule has 37 heavy (non-hydrogen) atoms. The maximum Gasteiger partial charge on any atom is 1.00 e. The average Bonchev–Trinajstić information content (AvgIpc) is 3.18. The molecule has 0 aliphatic carbocycles. The zero-order valence-corrected chi connectivity index (χ0v) is 24.4. The number of hydrogen-bond donors (Lipinski definition) is 0. The van der Waals surface area contributed by atoms with E-state index in [1.165, 1.54) is 4.90 Å². The molecule has 0 N–H and O–H groups in total. The standard InChI is InChI=1S/C27H27N3O6.K/c1-18-13-23(35-17-25(31)29(2)3)11-12-24(18)21-6-4-5-20(14-21)16-34-22-9-7-19(8-10-22)15-30-26(32)28-27(33)36-30;/h4-14H,15-17H2,1-3H3,(H,28,32,33);/q;+1/p-1. The van der Waals surface area contributed by atoms with Gasteiger partial charge in [-0.15, -0.1) is 0 Å². The van der Waals surface area contributed by atoms with E-state index in [-0.39, 0.29) is 70.4 Å². The zero-order valence-electron chi connectivity index (χ0n) is 21.3. The van der Waals surface area contributed by atoms with Gasteiger partial charge in [0, 0.05) is 20.6 Å².